The molecule has 0 aromatic heterocycles. The van der Waals surface area contributed by atoms with Gasteiger partial charge in [-0.25, -0.2) is 0 Å². The third-order valence-electron chi connectivity index (χ3n) is 3.49. The third kappa shape index (κ3) is 4.65. The smallest absolute Gasteiger partial charge is 0.416 e. The highest BCUT2D eigenvalue weighted by Crippen LogP contribution is 2.34. The first-order valence-electron chi connectivity index (χ1n) is 7.27. The van der Waals surface area contributed by atoms with Gasteiger partial charge in [0.05, 0.1) is 12.7 Å². The first kappa shape index (κ1) is 17.2. The monoisotopic (exact) mass is 324 g/mol. The van der Waals surface area contributed by atoms with Crippen LogP contribution in [0.5, 0.6) is 11.5 Å². The zero-order valence-electron chi connectivity index (χ0n) is 13.3. The number of ether oxygens (including phenoxy) is 2. The molecule has 0 saturated carbocycles. The van der Waals surface area contributed by atoms with E-state index in [-0.39, 0.29) is 18.3 Å². The van der Waals surface area contributed by atoms with Gasteiger partial charge in [-0.05, 0) is 47.4 Å². The molecule has 5 heteroatoms. The summed E-state index contributed by atoms with van der Waals surface area (Å²) in [5.41, 5.74) is 0.771. The van der Waals surface area contributed by atoms with Gasteiger partial charge >= 0.3 is 6.18 Å². The van der Waals surface area contributed by atoms with E-state index in [1.807, 2.05) is 26.0 Å². The molecule has 2 aromatic rings. The van der Waals surface area contributed by atoms with E-state index in [0.717, 1.165) is 17.4 Å². The lowest BCUT2D eigenvalue weighted by atomic mass is 10.00. The molecule has 0 bridgehead atoms. The Morgan fingerprint density at radius 3 is 2.13 bits per heavy atom. The lowest BCUT2D eigenvalue weighted by Gasteiger charge is -2.15. The van der Waals surface area contributed by atoms with E-state index in [9.17, 15) is 13.2 Å². The average molecular weight is 324 g/mol. The van der Waals surface area contributed by atoms with Gasteiger partial charge in [-0.3, -0.25) is 0 Å². The SMILES string of the molecule is COc1ccc(COc2cc(C(C)C)cc(C(F)(F)F)c2)cc1. The van der Waals surface area contributed by atoms with Crippen molar-refractivity contribution in [1.29, 1.82) is 0 Å². The second-order valence-electron chi connectivity index (χ2n) is 5.58. The van der Waals surface area contributed by atoms with Crippen molar-refractivity contribution in [1.82, 2.24) is 0 Å². The maximum atomic E-state index is 13.0. The number of rotatable bonds is 5. The first-order valence-corrected chi connectivity index (χ1v) is 7.27. The average Bonchev–Trinajstić information content (AvgIpc) is 2.52. The molecule has 0 saturated heterocycles. The largest absolute Gasteiger partial charge is 0.497 e. The maximum absolute atomic E-state index is 13.0. The molecule has 0 radical (unpaired) electrons. The highest BCUT2D eigenvalue weighted by Gasteiger charge is 2.31. The molecule has 124 valence electrons. The van der Waals surface area contributed by atoms with Gasteiger partial charge in [0.15, 0.2) is 0 Å². The number of alkyl halides is 3. The molecule has 0 N–H and O–H groups in total. The van der Waals surface area contributed by atoms with Gasteiger partial charge in [-0.1, -0.05) is 26.0 Å². The molecular weight excluding hydrogens is 305 g/mol. The minimum Gasteiger partial charge on any atom is -0.497 e. The Bertz CT molecular complexity index is 646. The minimum absolute atomic E-state index is 0.0133. The predicted molar refractivity (Wildman–Crippen MR) is 82.9 cm³/mol. The number of hydrogen-bond acceptors (Lipinski definition) is 2. The molecular formula is C18H19F3O2. The molecule has 2 rings (SSSR count). The van der Waals surface area contributed by atoms with Gasteiger partial charge in [-0.2, -0.15) is 13.2 Å². The molecule has 0 heterocycles. The van der Waals surface area contributed by atoms with E-state index in [4.69, 9.17) is 9.47 Å². The van der Waals surface area contributed by atoms with Crippen LogP contribution in [0.25, 0.3) is 0 Å². The minimum atomic E-state index is -4.39. The second kappa shape index (κ2) is 6.94. The van der Waals surface area contributed by atoms with E-state index in [1.54, 1.807) is 25.3 Å². The van der Waals surface area contributed by atoms with E-state index in [0.29, 0.717) is 5.56 Å². The van der Waals surface area contributed by atoms with Crippen molar-refractivity contribution >= 4 is 0 Å². The van der Waals surface area contributed by atoms with Crippen LogP contribution in [0.2, 0.25) is 0 Å². The topological polar surface area (TPSA) is 18.5 Å². The molecule has 0 aliphatic heterocycles. The van der Waals surface area contributed by atoms with Crippen LogP contribution >= 0.6 is 0 Å². The fraction of sp³-hybridized carbons (Fsp3) is 0.333. The Labute approximate surface area is 133 Å². The van der Waals surface area contributed by atoms with Crippen molar-refractivity contribution in [2.75, 3.05) is 7.11 Å². The molecule has 0 aliphatic rings. The zero-order chi connectivity index (χ0) is 17.0. The molecule has 0 aliphatic carbocycles. The summed E-state index contributed by atoms with van der Waals surface area (Å²) >= 11 is 0. The van der Waals surface area contributed by atoms with Crippen LogP contribution in [0, 0.1) is 0 Å². The summed E-state index contributed by atoms with van der Waals surface area (Å²) in [5.74, 6) is 0.926. The van der Waals surface area contributed by atoms with Gasteiger partial charge in [0, 0.05) is 0 Å². The third-order valence-corrected chi connectivity index (χ3v) is 3.49. The van der Waals surface area contributed by atoms with Crippen LogP contribution in [-0.4, -0.2) is 7.11 Å². The second-order valence-corrected chi connectivity index (χ2v) is 5.58. The molecule has 0 atom stereocenters. The van der Waals surface area contributed by atoms with Gasteiger partial charge in [-0.15, -0.1) is 0 Å². The van der Waals surface area contributed by atoms with Crippen molar-refractivity contribution in [3.8, 4) is 11.5 Å². The van der Waals surface area contributed by atoms with Crippen LogP contribution < -0.4 is 9.47 Å². The van der Waals surface area contributed by atoms with E-state index in [2.05, 4.69) is 0 Å². The van der Waals surface area contributed by atoms with Crippen LogP contribution in [0.15, 0.2) is 42.5 Å². The number of methoxy groups -OCH3 is 1. The highest BCUT2D eigenvalue weighted by atomic mass is 19.4. The number of benzene rings is 2. The van der Waals surface area contributed by atoms with Crippen LogP contribution in [0.4, 0.5) is 13.2 Å². The van der Waals surface area contributed by atoms with Crippen molar-refractivity contribution in [2.45, 2.75) is 32.5 Å². The summed E-state index contributed by atoms with van der Waals surface area (Å²) in [6.45, 7) is 3.90. The van der Waals surface area contributed by atoms with Crippen molar-refractivity contribution in [2.24, 2.45) is 0 Å². The standard InChI is InChI=1S/C18H19F3O2/c1-12(2)14-8-15(18(19,20)21)10-17(9-14)23-11-13-4-6-16(22-3)7-5-13/h4-10,12H,11H2,1-3H3. The van der Waals surface area contributed by atoms with Crippen molar-refractivity contribution < 1.29 is 22.6 Å². The van der Waals surface area contributed by atoms with Gasteiger partial charge in [0.1, 0.15) is 18.1 Å². The number of halogens is 3. The lowest BCUT2D eigenvalue weighted by Crippen LogP contribution is -2.07. The summed E-state index contributed by atoms with van der Waals surface area (Å²) in [7, 11) is 1.57. The first-order chi connectivity index (χ1) is 10.8. The fourth-order valence-electron chi connectivity index (χ4n) is 2.09. The highest BCUT2D eigenvalue weighted by molar-refractivity contribution is 5.37. The van der Waals surface area contributed by atoms with Gasteiger partial charge in [0.25, 0.3) is 0 Å². The van der Waals surface area contributed by atoms with E-state index >= 15 is 0 Å². The molecule has 0 fully saturated rings. The Balaban J connectivity index is 2.19. The predicted octanol–water partition coefficient (Wildman–Crippen LogP) is 5.42. The fourth-order valence-corrected chi connectivity index (χ4v) is 2.09. The van der Waals surface area contributed by atoms with Crippen LogP contribution in [0.1, 0.15) is 36.5 Å². The summed E-state index contributed by atoms with van der Waals surface area (Å²) in [5, 5.41) is 0. The summed E-state index contributed by atoms with van der Waals surface area (Å²) in [4.78, 5) is 0. The Kier molecular flexibility index (Phi) is 5.19. The quantitative estimate of drug-likeness (QED) is 0.731. The van der Waals surface area contributed by atoms with Crippen LogP contribution in [-0.2, 0) is 12.8 Å². The van der Waals surface area contributed by atoms with Gasteiger partial charge in [0.2, 0.25) is 0 Å². The molecule has 0 spiro atoms. The van der Waals surface area contributed by atoms with E-state index in [1.165, 1.54) is 6.07 Å². The zero-order valence-corrected chi connectivity index (χ0v) is 13.3. The van der Waals surface area contributed by atoms with E-state index < -0.39 is 11.7 Å². The molecule has 2 nitrogen and oxygen atoms in total. The Morgan fingerprint density at radius 2 is 1.61 bits per heavy atom. The normalized spacial score (nSPS) is 11.6. The summed E-state index contributed by atoms with van der Waals surface area (Å²) in [6.07, 6.45) is -4.39. The van der Waals surface area contributed by atoms with Gasteiger partial charge < -0.3 is 9.47 Å². The summed E-state index contributed by atoms with van der Waals surface area (Å²) < 4.78 is 49.6. The Morgan fingerprint density at radius 1 is 0.957 bits per heavy atom. The summed E-state index contributed by atoms with van der Waals surface area (Å²) in [6, 6.07) is 11.1. The van der Waals surface area contributed by atoms with Crippen molar-refractivity contribution in [3.05, 3.63) is 59.2 Å². The lowest BCUT2D eigenvalue weighted by molar-refractivity contribution is -0.137. The molecule has 2 aromatic carbocycles. The molecule has 0 unspecified atom stereocenters. The Hall–Kier alpha value is -2.17. The van der Waals surface area contributed by atoms with Crippen molar-refractivity contribution in [3.63, 3.8) is 0 Å². The molecule has 0 amide bonds. The van der Waals surface area contributed by atoms with Crippen LogP contribution in [0.3, 0.4) is 0 Å². The molecule has 23 heavy (non-hydrogen) atoms. The maximum Gasteiger partial charge on any atom is 0.416 e. The number of hydrogen-bond donors (Lipinski definition) is 0.